The zero-order chi connectivity index (χ0) is 12.8. The Morgan fingerprint density at radius 1 is 1.44 bits per heavy atom. The number of ether oxygens (including phenoxy) is 1. The van der Waals surface area contributed by atoms with Gasteiger partial charge in [0.1, 0.15) is 17.0 Å². The van der Waals surface area contributed by atoms with Gasteiger partial charge in [0.15, 0.2) is 0 Å². The Morgan fingerprint density at radius 2 is 2.28 bits per heavy atom. The van der Waals surface area contributed by atoms with Crippen LogP contribution in [0, 0.1) is 0 Å². The first-order valence-corrected chi connectivity index (χ1v) is 7.04. The van der Waals surface area contributed by atoms with E-state index in [1.807, 2.05) is 0 Å². The van der Waals surface area contributed by atoms with Crippen LogP contribution in [-0.4, -0.2) is 34.8 Å². The average molecular weight is 263 g/mol. The van der Waals surface area contributed by atoms with Crippen LogP contribution >= 0.6 is 11.3 Å². The normalized spacial score (nSPS) is 23.5. The van der Waals surface area contributed by atoms with Crippen molar-refractivity contribution >= 4 is 27.4 Å². The minimum absolute atomic E-state index is 0.134. The highest BCUT2D eigenvalue weighted by atomic mass is 32.1. The maximum absolute atomic E-state index is 5.94. The lowest BCUT2D eigenvalue weighted by Crippen LogP contribution is -2.52. The molecule has 0 N–H and O–H groups in total. The van der Waals surface area contributed by atoms with E-state index >= 15 is 0 Å². The van der Waals surface area contributed by atoms with Crippen molar-refractivity contribution in [1.82, 2.24) is 9.97 Å². The van der Waals surface area contributed by atoms with Gasteiger partial charge in [0.2, 0.25) is 0 Å². The van der Waals surface area contributed by atoms with Gasteiger partial charge >= 0.3 is 0 Å². The van der Waals surface area contributed by atoms with Gasteiger partial charge in [0, 0.05) is 13.1 Å². The third kappa shape index (κ3) is 2.08. The van der Waals surface area contributed by atoms with E-state index in [1.165, 1.54) is 0 Å². The summed E-state index contributed by atoms with van der Waals surface area (Å²) in [7, 11) is 0. The fourth-order valence-electron chi connectivity index (χ4n) is 2.64. The second-order valence-corrected chi connectivity index (χ2v) is 6.30. The number of rotatable bonds is 1. The zero-order valence-electron chi connectivity index (χ0n) is 10.9. The van der Waals surface area contributed by atoms with Crippen molar-refractivity contribution in [2.24, 2.45) is 0 Å². The van der Waals surface area contributed by atoms with Crippen molar-refractivity contribution in [2.45, 2.75) is 32.5 Å². The van der Waals surface area contributed by atoms with Gasteiger partial charge in [-0.25, -0.2) is 9.97 Å². The van der Waals surface area contributed by atoms with Gasteiger partial charge in [0.25, 0.3) is 0 Å². The lowest BCUT2D eigenvalue weighted by molar-refractivity contribution is -0.0751. The van der Waals surface area contributed by atoms with E-state index in [-0.39, 0.29) is 11.7 Å². The number of hydrogen-bond acceptors (Lipinski definition) is 5. The molecule has 1 aliphatic heterocycles. The Morgan fingerprint density at radius 3 is 3.06 bits per heavy atom. The summed E-state index contributed by atoms with van der Waals surface area (Å²) >= 11 is 1.66. The summed E-state index contributed by atoms with van der Waals surface area (Å²) < 4.78 is 5.94. The van der Waals surface area contributed by atoms with Crippen LogP contribution in [0.1, 0.15) is 20.8 Å². The lowest BCUT2D eigenvalue weighted by atomic mass is 10.1. The number of aromatic nitrogens is 2. The first-order valence-electron chi connectivity index (χ1n) is 6.16. The Hall–Kier alpha value is -1.20. The second-order valence-electron chi connectivity index (χ2n) is 5.41. The average Bonchev–Trinajstić information content (AvgIpc) is 2.73. The Kier molecular flexibility index (Phi) is 2.75. The van der Waals surface area contributed by atoms with Crippen LogP contribution in [0.2, 0.25) is 0 Å². The van der Waals surface area contributed by atoms with Gasteiger partial charge in [-0.2, -0.15) is 0 Å². The van der Waals surface area contributed by atoms with Crippen molar-refractivity contribution in [3.63, 3.8) is 0 Å². The van der Waals surface area contributed by atoms with Crippen molar-refractivity contribution in [3.05, 3.63) is 17.8 Å². The molecule has 0 bridgehead atoms. The molecule has 0 aromatic carbocycles. The molecule has 1 aliphatic rings. The van der Waals surface area contributed by atoms with Gasteiger partial charge in [-0.05, 0) is 32.2 Å². The third-order valence-electron chi connectivity index (χ3n) is 3.11. The topological polar surface area (TPSA) is 38.2 Å². The highest BCUT2D eigenvalue weighted by Gasteiger charge is 2.32. The van der Waals surface area contributed by atoms with Crippen LogP contribution in [0.5, 0.6) is 0 Å². The van der Waals surface area contributed by atoms with E-state index in [0.29, 0.717) is 0 Å². The van der Waals surface area contributed by atoms with E-state index in [4.69, 9.17) is 4.74 Å². The molecule has 0 aliphatic carbocycles. The quantitative estimate of drug-likeness (QED) is 0.793. The molecular weight excluding hydrogens is 246 g/mol. The summed E-state index contributed by atoms with van der Waals surface area (Å²) in [5.41, 5.74) is -0.134. The van der Waals surface area contributed by atoms with E-state index in [0.717, 1.165) is 29.1 Å². The summed E-state index contributed by atoms with van der Waals surface area (Å²) in [5, 5.41) is 3.21. The molecule has 0 amide bonds. The van der Waals surface area contributed by atoms with E-state index in [2.05, 4.69) is 47.1 Å². The predicted octanol–water partition coefficient (Wildman–Crippen LogP) is 2.70. The smallest absolute Gasteiger partial charge is 0.140 e. The van der Waals surface area contributed by atoms with Crippen LogP contribution in [0.25, 0.3) is 10.2 Å². The molecule has 0 spiro atoms. The van der Waals surface area contributed by atoms with Gasteiger partial charge in [-0.15, -0.1) is 11.3 Å². The molecule has 5 heteroatoms. The summed E-state index contributed by atoms with van der Waals surface area (Å²) in [5.74, 6) is 1.03. The number of hydrogen-bond donors (Lipinski definition) is 0. The van der Waals surface area contributed by atoms with E-state index < -0.39 is 0 Å². The maximum atomic E-state index is 5.94. The number of nitrogens with zero attached hydrogens (tertiary/aromatic N) is 3. The highest BCUT2D eigenvalue weighted by molar-refractivity contribution is 7.16. The molecule has 1 fully saturated rings. The minimum Gasteiger partial charge on any atom is -0.369 e. The number of anilines is 1. The molecule has 3 heterocycles. The SMILES string of the molecule is CC1CN(c2ncnc3sccc23)CC(C)(C)O1. The van der Waals surface area contributed by atoms with Crippen LogP contribution in [-0.2, 0) is 4.74 Å². The van der Waals surface area contributed by atoms with Gasteiger partial charge in [0.05, 0.1) is 17.1 Å². The Labute approximate surface area is 111 Å². The van der Waals surface area contributed by atoms with Crippen LogP contribution in [0.4, 0.5) is 5.82 Å². The molecule has 18 heavy (non-hydrogen) atoms. The molecule has 1 atom stereocenters. The van der Waals surface area contributed by atoms with Gasteiger partial charge in [-0.1, -0.05) is 0 Å². The van der Waals surface area contributed by atoms with Crippen molar-refractivity contribution in [2.75, 3.05) is 18.0 Å². The van der Waals surface area contributed by atoms with Crippen LogP contribution in [0.3, 0.4) is 0 Å². The molecule has 3 rings (SSSR count). The Balaban J connectivity index is 2.01. The predicted molar refractivity (Wildman–Crippen MR) is 74.3 cm³/mol. The fourth-order valence-corrected chi connectivity index (χ4v) is 3.37. The molecule has 0 saturated carbocycles. The molecule has 96 valence electrons. The molecular formula is C13H17N3OS. The summed E-state index contributed by atoms with van der Waals surface area (Å²) in [6.45, 7) is 8.11. The standard InChI is InChI=1S/C13H17N3OS/c1-9-6-16(7-13(2,3)17-9)11-10-4-5-18-12(10)15-8-14-11/h4-5,8-9H,6-7H2,1-3H3. The number of thiophene rings is 1. The molecule has 1 saturated heterocycles. The zero-order valence-corrected chi connectivity index (χ0v) is 11.7. The first-order chi connectivity index (χ1) is 8.55. The summed E-state index contributed by atoms with van der Waals surface area (Å²) in [6.07, 6.45) is 1.87. The molecule has 2 aromatic heterocycles. The van der Waals surface area contributed by atoms with E-state index in [9.17, 15) is 0 Å². The summed E-state index contributed by atoms with van der Waals surface area (Å²) in [4.78, 5) is 12.1. The lowest BCUT2D eigenvalue weighted by Gasteiger charge is -2.42. The van der Waals surface area contributed by atoms with Crippen molar-refractivity contribution in [1.29, 1.82) is 0 Å². The fraction of sp³-hybridized carbons (Fsp3) is 0.538. The number of fused-ring (bicyclic) bond motifs is 1. The van der Waals surface area contributed by atoms with Crippen LogP contribution < -0.4 is 4.90 Å². The monoisotopic (exact) mass is 263 g/mol. The highest BCUT2D eigenvalue weighted by Crippen LogP contribution is 2.30. The van der Waals surface area contributed by atoms with E-state index in [1.54, 1.807) is 17.7 Å². The van der Waals surface area contributed by atoms with Crippen LogP contribution in [0.15, 0.2) is 17.8 Å². The third-order valence-corrected chi connectivity index (χ3v) is 3.93. The first kappa shape index (κ1) is 11.9. The largest absolute Gasteiger partial charge is 0.369 e. The minimum atomic E-state index is -0.134. The molecule has 1 unspecified atom stereocenters. The van der Waals surface area contributed by atoms with Crippen molar-refractivity contribution < 1.29 is 4.74 Å². The Bertz CT molecular complexity index is 566. The molecule has 0 radical (unpaired) electrons. The second kappa shape index (κ2) is 4.17. The molecule has 4 nitrogen and oxygen atoms in total. The molecule has 2 aromatic rings. The summed E-state index contributed by atoms with van der Waals surface area (Å²) in [6, 6.07) is 2.10. The number of morpholine rings is 1. The van der Waals surface area contributed by atoms with Crippen molar-refractivity contribution in [3.8, 4) is 0 Å². The maximum Gasteiger partial charge on any atom is 0.140 e. The van der Waals surface area contributed by atoms with Gasteiger partial charge in [-0.3, -0.25) is 0 Å². The van der Waals surface area contributed by atoms with Gasteiger partial charge < -0.3 is 9.64 Å².